The van der Waals surface area contributed by atoms with E-state index in [1.165, 1.54) is 19.3 Å². The van der Waals surface area contributed by atoms with Crippen LogP contribution in [0.5, 0.6) is 0 Å². The van der Waals surface area contributed by atoms with E-state index in [0.717, 1.165) is 43.5 Å². The number of amides is 1. The Morgan fingerprint density at radius 3 is 2.86 bits per heavy atom. The first-order valence-electron chi connectivity index (χ1n) is 10.7. The monoisotopic (exact) mass is 399 g/mol. The average Bonchev–Trinajstić information content (AvgIpc) is 2.92. The van der Waals surface area contributed by atoms with E-state index in [0.29, 0.717) is 38.1 Å². The molecule has 5 rings (SSSR count). The first-order chi connectivity index (χ1) is 14.2. The quantitative estimate of drug-likeness (QED) is 0.710. The van der Waals surface area contributed by atoms with Gasteiger partial charge in [-0.1, -0.05) is 6.42 Å². The summed E-state index contributed by atoms with van der Waals surface area (Å²) in [6.07, 6.45) is 4.15. The molecule has 4 heterocycles. The highest BCUT2D eigenvalue weighted by molar-refractivity contribution is 5.76. The highest BCUT2D eigenvalue weighted by atomic mass is 16.5. The molecule has 2 aromatic rings. The van der Waals surface area contributed by atoms with E-state index in [4.69, 9.17) is 9.84 Å². The third-order valence-corrected chi connectivity index (χ3v) is 6.59. The van der Waals surface area contributed by atoms with Crippen LogP contribution in [0.25, 0.3) is 5.65 Å². The number of ether oxygens (including phenoxy) is 1. The summed E-state index contributed by atoms with van der Waals surface area (Å²) < 4.78 is 7.34. The lowest BCUT2D eigenvalue weighted by Crippen LogP contribution is -2.59. The van der Waals surface area contributed by atoms with E-state index >= 15 is 0 Å². The molecule has 0 spiro atoms. The number of nitrogens with zero attached hydrogens (tertiary/aromatic N) is 7. The van der Waals surface area contributed by atoms with Crippen molar-refractivity contribution in [3.63, 3.8) is 0 Å². The smallest absolute Gasteiger partial charge is 0.225 e. The molecule has 0 radical (unpaired) electrons. The van der Waals surface area contributed by atoms with Gasteiger partial charge in [0.1, 0.15) is 5.82 Å². The van der Waals surface area contributed by atoms with Gasteiger partial charge in [0.05, 0.1) is 19.6 Å². The molecule has 29 heavy (non-hydrogen) atoms. The van der Waals surface area contributed by atoms with Crippen LogP contribution >= 0.6 is 0 Å². The Kier molecular flexibility index (Phi) is 5.09. The van der Waals surface area contributed by atoms with Gasteiger partial charge in [-0.3, -0.25) is 9.69 Å². The van der Waals surface area contributed by atoms with Crippen molar-refractivity contribution in [2.75, 3.05) is 57.9 Å². The van der Waals surface area contributed by atoms with Gasteiger partial charge in [0, 0.05) is 44.7 Å². The second-order valence-electron chi connectivity index (χ2n) is 8.43. The summed E-state index contributed by atoms with van der Waals surface area (Å²) in [4.78, 5) is 18.7. The molecule has 3 aliphatic rings. The standard InChI is InChI=1S/C20H29N7O2/c1-24(8-9-25-10-12-29-11-7-19(25)28)16-13-26(14-16)18-6-5-17-21-22-20(27(17)23-18)15-3-2-4-15/h5-6,15-16H,2-4,7-14H2,1H3. The largest absolute Gasteiger partial charge is 0.379 e. The van der Waals surface area contributed by atoms with Crippen molar-refractivity contribution in [1.82, 2.24) is 29.6 Å². The minimum absolute atomic E-state index is 0.208. The Bertz CT molecular complexity index is 875. The molecule has 3 fully saturated rings. The van der Waals surface area contributed by atoms with E-state index < -0.39 is 0 Å². The summed E-state index contributed by atoms with van der Waals surface area (Å²) in [7, 11) is 2.14. The lowest BCUT2D eigenvalue weighted by atomic mass is 9.85. The lowest BCUT2D eigenvalue weighted by molar-refractivity contribution is -0.130. The second-order valence-corrected chi connectivity index (χ2v) is 8.43. The van der Waals surface area contributed by atoms with Crippen LogP contribution in [0.1, 0.15) is 37.4 Å². The van der Waals surface area contributed by atoms with Crippen LogP contribution in [0.3, 0.4) is 0 Å². The summed E-state index contributed by atoms with van der Waals surface area (Å²) in [5, 5.41) is 13.5. The minimum Gasteiger partial charge on any atom is -0.379 e. The highest BCUT2D eigenvalue weighted by Gasteiger charge is 2.32. The van der Waals surface area contributed by atoms with Crippen molar-refractivity contribution in [3.8, 4) is 0 Å². The van der Waals surface area contributed by atoms with Crippen molar-refractivity contribution < 1.29 is 9.53 Å². The number of fused-ring (bicyclic) bond motifs is 1. The molecule has 156 valence electrons. The van der Waals surface area contributed by atoms with Crippen LogP contribution in [0.2, 0.25) is 0 Å². The minimum atomic E-state index is 0.208. The predicted molar refractivity (Wildman–Crippen MR) is 108 cm³/mol. The van der Waals surface area contributed by atoms with Gasteiger partial charge in [-0.25, -0.2) is 0 Å². The Morgan fingerprint density at radius 1 is 1.21 bits per heavy atom. The van der Waals surface area contributed by atoms with E-state index in [9.17, 15) is 4.79 Å². The van der Waals surface area contributed by atoms with Gasteiger partial charge >= 0.3 is 0 Å². The zero-order valence-corrected chi connectivity index (χ0v) is 17.0. The number of carbonyl (C=O) groups is 1. The van der Waals surface area contributed by atoms with Crippen LogP contribution in [-0.4, -0.2) is 94.5 Å². The molecule has 0 atom stereocenters. The van der Waals surface area contributed by atoms with Crippen LogP contribution in [0, 0.1) is 0 Å². The van der Waals surface area contributed by atoms with Gasteiger partial charge < -0.3 is 14.5 Å². The number of aromatic nitrogens is 4. The fourth-order valence-corrected chi connectivity index (χ4v) is 4.22. The van der Waals surface area contributed by atoms with Crippen molar-refractivity contribution in [2.45, 2.75) is 37.6 Å². The van der Waals surface area contributed by atoms with Crippen molar-refractivity contribution in [1.29, 1.82) is 0 Å². The van der Waals surface area contributed by atoms with Crippen LogP contribution in [-0.2, 0) is 9.53 Å². The van der Waals surface area contributed by atoms with E-state index in [1.54, 1.807) is 0 Å². The normalized spacial score (nSPS) is 21.5. The predicted octanol–water partition coefficient (Wildman–Crippen LogP) is 0.761. The maximum Gasteiger partial charge on any atom is 0.225 e. The third kappa shape index (κ3) is 3.69. The van der Waals surface area contributed by atoms with Crippen LogP contribution in [0.4, 0.5) is 5.82 Å². The zero-order chi connectivity index (χ0) is 19.8. The molecular formula is C20H29N7O2. The summed E-state index contributed by atoms with van der Waals surface area (Å²) in [6, 6.07) is 4.54. The molecule has 0 bridgehead atoms. The maximum absolute atomic E-state index is 12.1. The van der Waals surface area contributed by atoms with Crippen LogP contribution in [0.15, 0.2) is 12.1 Å². The molecule has 1 aliphatic carbocycles. The average molecular weight is 399 g/mol. The molecule has 9 heteroatoms. The van der Waals surface area contributed by atoms with E-state index in [1.807, 2.05) is 21.5 Å². The fourth-order valence-electron chi connectivity index (χ4n) is 4.22. The van der Waals surface area contributed by atoms with Gasteiger partial charge in [0.25, 0.3) is 0 Å². The maximum atomic E-state index is 12.1. The summed E-state index contributed by atoms with van der Waals surface area (Å²) in [6.45, 7) is 5.45. The molecule has 1 amide bonds. The molecule has 2 aliphatic heterocycles. The van der Waals surface area contributed by atoms with E-state index in [2.05, 4.69) is 27.0 Å². The number of anilines is 1. The Morgan fingerprint density at radius 2 is 2.07 bits per heavy atom. The van der Waals surface area contributed by atoms with Gasteiger partial charge in [0.15, 0.2) is 11.5 Å². The summed E-state index contributed by atoms with van der Waals surface area (Å²) in [5.74, 6) is 2.71. The molecule has 2 aromatic heterocycles. The van der Waals surface area contributed by atoms with Crippen molar-refractivity contribution in [2.24, 2.45) is 0 Å². The summed E-state index contributed by atoms with van der Waals surface area (Å²) >= 11 is 0. The van der Waals surface area contributed by atoms with E-state index in [-0.39, 0.29) is 5.91 Å². The van der Waals surface area contributed by atoms with Gasteiger partial charge in [-0.05, 0) is 32.0 Å². The molecule has 0 aromatic carbocycles. The summed E-state index contributed by atoms with van der Waals surface area (Å²) in [5.41, 5.74) is 0.830. The fraction of sp³-hybridized carbons (Fsp3) is 0.700. The molecule has 0 unspecified atom stereocenters. The SMILES string of the molecule is CN(CCN1CCOCCC1=O)C1CN(c2ccc3nnc(C4CCC4)n3n2)C1. The highest BCUT2D eigenvalue weighted by Crippen LogP contribution is 2.35. The molecule has 2 saturated heterocycles. The molecule has 0 N–H and O–H groups in total. The van der Waals surface area contributed by atoms with Crippen molar-refractivity contribution in [3.05, 3.63) is 18.0 Å². The Hall–Kier alpha value is -2.26. The van der Waals surface area contributed by atoms with Gasteiger partial charge in [-0.15, -0.1) is 15.3 Å². The van der Waals surface area contributed by atoms with Gasteiger partial charge in [0.2, 0.25) is 5.91 Å². The Labute approximate surface area is 170 Å². The molecular weight excluding hydrogens is 370 g/mol. The van der Waals surface area contributed by atoms with Gasteiger partial charge in [-0.2, -0.15) is 4.52 Å². The zero-order valence-electron chi connectivity index (χ0n) is 17.0. The van der Waals surface area contributed by atoms with Crippen LogP contribution < -0.4 is 4.90 Å². The first kappa shape index (κ1) is 18.7. The Balaban J connectivity index is 1.16. The number of carbonyl (C=O) groups excluding carboxylic acids is 1. The lowest BCUT2D eigenvalue weighted by Gasteiger charge is -2.45. The first-order valence-corrected chi connectivity index (χ1v) is 10.7. The second kappa shape index (κ2) is 7.87. The number of hydrogen-bond donors (Lipinski definition) is 0. The number of rotatable bonds is 6. The molecule has 1 saturated carbocycles. The third-order valence-electron chi connectivity index (χ3n) is 6.59. The van der Waals surface area contributed by atoms with Crippen molar-refractivity contribution >= 4 is 17.4 Å². The topological polar surface area (TPSA) is 79.1 Å². The number of likely N-dealkylation sites (N-methyl/N-ethyl adjacent to an activating group) is 1. The molecule has 9 nitrogen and oxygen atoms in total. The number of hydrogen-bond acceptors (Lipinski definition) is 7.